The monoisotopic (exact) mass is 398 g/mol. The quantitative estimate of drug-likeness (QED) is 0.754. The number of rotatable bonds is 6. The Morgan fingerprint density at radius 3 is 2.56 bits per heavy atom. The van der Waals surface area contributed by atoms with Crippen LogP contribution in [0.15, 0.2) is 47.4 Å². The summed E-state index contributed by atoms with van der Waals surface area (Å²) in [6, 6.07) is 12.2. The van der Waals surface area contributed by atoms with Crippen LogP contribution in [-0.2, 0) is 26.2 Å². The number of esters is 1. The number of ether oxygens (including phenoxy) is 1. The Labute approximate surface area is 155 Å². The molecule has 130 valence electrons. The van der Waals surface area contributed by atoms with Gasteiger partial charge in [-0.25, -0.2) is 8.42 Å². The van der Waals surface area contributed by atoms with Gasteiger partial charge in [-0.15, -0.1) is 0 Å². The molecule has 2 aromatic rings. The lowest BCUT2D eigenvalue weighted by Crippen LogP contribution is -2.31. The molecule has 0 saturated carbocycles. The summed E-state index contributed by atoms with van der Waals surface area (Å²) in [6.07, 6.45) is 0. The first kappa shape index (κ1) is 19.2. The van der Waals surface area contributed by atoms with Gasteiger partial charge in [-0.3, -0.25) is 4.79 Å². The zero-order valence-corrected chi connectivity index (χ0v) is 15.0. The summed E-state index contributed by atoms with van der Waals surface area (Å²) in [5.74, 6) is -0.774. The van der Waals surface area contributed by atoms with Gasteiger partial charge in [-0.1, -0.05) is 41.4 Å². The molecule has 0 heterocycles. The van der Waals surface area contributed by atoms with Crippen molar-refractivity contribution in [3.63, 3.8) is 0 Å². The fourth-order valence-corrected chi connectivity index (χ4v) is 3.31. The topological polar surface area (TPSA) is 96.3 Å². The number of benzene rings is 2. The van der Waals surface area contributed by atoms with Crippen molar-refractivity contribution in [1.82, 2.24) is 4.72 Å². The van der Waals surface area contributed by atoms with Gasteiger partial charge in [-0.05, 0) is 29.8 Å². The molecular weight excluding hydrogens is 387 g/mol. The number of sulfonamides is 1. The zero-order valence-electron chi connectivity index (χ0n) is 12.7. The average Bonchev–Trinajstić information content (AvgIpc) is 2.61. The van der Waals surface area contributed by atoms with Gasteiger partial charge in [0.15, 0.2) is 0 Å². The van der Waals surface area contributed by atoms with E-state index in [0.29, 0.717) is 15.6 Å². The molecule has 0 bridgehead atoms. The van der Waals surface area contributed by atoms with Crippen molar-refractivity contribution in [3.05, 3.63) is 63.6 Å². The van der Waals surface area contributed by atoms with E-state index in [4.69, 9.17) is 33.2 Å². The van der Waals surface area contributed by atoms with E-state index in [1.807, 2.05) is 0 Å². The highest BCUT2D eigenvalue weighted by Crippen LogP contribution is 2.22. The summed E-state index contributed by atoms with van der Waals surface area (Å²) >= 11 is 11.6. The van der Waals surface area contributed by atoms with Crippen LogP contribution in [0.3, 0.4) is 0 Å². The van der Waals surface area contributed by atoms with Crippen LogP contribution in [0, 0.1) is 11.3 Å². The molecule has 9 heteroatoms. The van der Waals surface area contributed by atoms with Gasteiger partial charge in [0.05, 0.1) is 20.5 Å². The van der Waals surface area contributed by atoms with Crippen molar-refractivity contribution in [1.29, 1.82) is 5.26 Å². The van der Waals surface area contributed by atoms with Crippen molar-refractivity contribution in [2.75, 3.05) is 6.54 Å². The van der Waals surface area contributed by atoms with Gasteiger partial charge in [0.2, 0.25) is 10.0 Å². The minimum Gasteiger partial charge on any atom is -0.460 e. The Balaban J connectivity index is 1.95. The van der Waals surface area contributed by atoms with E-state index >= 15 is 0 Å². The SMILES string of the molecule is N#Cc1ccccc1S(=O)(=O)NCC(=O)OCc1ccc(Cl)c(Cl)c1. The van der Waals surface area contributed by atoms with E-state index in [-0.39, 0.29) is 17.1 Å². The lowest BCUT2D eigenvalue weighted by Gasteiger charge is -2.09. The van der Waals surface area contributed by atoms with Crippen molar-refractivity contribution in [2.24, 2.45) is 0 Å². The third-order valence-electron chi connectivity index (χ3n) is 3.09. The highest BCUT2D eigenvalue weighted by molar-refractivity contribution is 7.89. The molecule has 0 radical (unpaired) electrons. The summed E-state index contributed by atoms with van der Waals surface area (Å²) < 4.78 is 31.4. The van der Waals surface area contributed by atoms with Gasteiger partial charge in [0.25, 0.3) is 0 Å². The van der Waals surface area contributed by atoms with Crippen LogP contribution in [0.4, 0.5) is 0 Å². The lowest BCUT2D eigenvalue weighted by atomic mass is 10.2. The van der Waals surface area contributed by atoms with E-state index < -0.39 is 22.5 Å². The molecule has 0 aliphatic heterocycles. The third-order valence-corrected chi connectivity index (χ3v) is 5.29. The first-order valence-corrected chi connectivity index (χ1v) is 9.16. The molecule has 0 aliphatic rings. The molecule has 2 rings (SSSR count). The second-order valence-corrected chi connectivity index (χ2v) is 7.39. The van der Waals surface area contributed by atoms with Gasteiger partial charge >= 0.3 is 5.97 Å². The maximum absolute atomic E-state index is 12.2. The highest BCUT2D eigenvalue weighted by Gasteiger charge is 2.19. The number of hydrogen-bond acceptors (Lipinski definition) is 5. The van der Waals surface area contributed by atoms with Crippen LogP contribution in [0.25, 0.3) is 0 Å². The van der Waals surface area contributed by atoms with Crippen molar-refractivity contribution < 1.29 is 17.9 Å². The smallest absolute Gasteiger partial charge is 0.321 e. The lowest BCUT2D eigenvalue weighted by molar-refractivity contribution is -0.143. The first-order chi connectivity index (χ1) is 11.8. The molecular formula is C16H12Cl2N2O4S. The Hall–Kier alpha value is -2.11. The fourth-order valence-electron chi connectivity index (χ4n) is 1.87. The number of nitriles is 1. The molecule has 0 atom stereocenters. The molecule has 0 amide bonds. The number of nitrogens with zero attached hydrogens (tertiary/aromatic N) is 1. The number of halogens is 2. The first-order valence-electron chi connectivity index (χ1n) is 6.92. The molecule has 6 nitrogen and oxygen atoms in total. The van der Waals surface area contributed by atoms with Crippen LogP contribution in [0.5, 0.6) is 0 Å². The van der Waals surface area contributed by atoms with E-state index in [1.165, 1.54) is 18.2 Å². The predicted molar refractivity (Wildman–Crippen MR) is 92.6 cm³/mol. The van der Waals surface area contributed by atoms with Crippen LogP contribution in [-0.4, -0.2) is 20.9 Å². The third kappa shape index (κ3) is 5.18. The number of carbonyl (C=O) groups excluding carboxylic acids is 1. The Morgan fingerprint density at radius 1 is 1.16 bits per heavy atom. The molecule has 2 aromatic carbocycles. The normalized spacial score (nSPS) is 10.9. The van der Waals surface area contributed by atoms with Crippen LogP contribution in [0.1, 0.15) is 11.1 Å². The van der Waals surface area contributed by atoms with E-state index in [2.05, 4.69) is 4.72 Å². The van der Waals surface area contributed by atoms with E-state index in [1.54, 1.807) is 30.3 Å². The molecule has 0 fully saturated rings. The maximum atomic E-state index is 12.2. The predicted octanol–water partition coefficient (Wildman–Crippen LogP) is 2.89. The van der Waals surface area contributed by atoms with E-state index in [0.717, 1.165) is 0 Å². The van der Waals surface area contributed by atoms with Crippen molar-refractivity contribution >= 4 is 39.2 Å². The van der Waals surface area contributed by atoms with Crippen molar-refractivity contribution in [3.8, 4) is 6.07 Å². The number of carbonyl (C=O) groups is 1. The van der Waals surface area contributed by atoms with Crippen LogP contribution < -0.4 is 4.72 Å². The summed E-state index contributed by atoms with van der Waals surface area (Å²) in [4.78, 5) is 11.5. The van der Waals surface area contributed by atoms with Gasteiger partial charge in [0.1, 0.15) is 19.2 Å². The summed E-state index contributed by atoms with van der Waals surface area (Å²) in [5.41, 5.74) is 0.597. The summed E-state index contributed by atoms with van der Waals surface area (Å²) in [5, 5.41) is 9.66. The van der Waals surface area contributed by atoms with Crippen LogP contribution in [0.2, 0.25) is 10.0 Å². The number of hydrogen-bond donors (Lipinski definition) is 1. The molecule has 0 unspecified atom stereocenters. The van der Waals surface area contributed by atoms with Gasteiger partial charge in [0, 0.05) is 0 Å². The Morgan fingerprint density at radius 2 is 1.88 bits per heavy atom. The minimum atomic E-state index is -4.01. The van der Waals surface area contributed by atoms with Gasteiger partial charge < -0.3 is 4.74 Å². The summed E-state index contributed by atoms with van der Waals surface area (Å²) in [7, 11) is -4.01. The molecule has 0 aromatic heterocycles. The molecule has 0 saturated heterocycles. The van der Waals surface area contributed by atoms with Crippen LogP contribution >= 0.6 is 23.2 Å². The Bertz CT molecular complexity index is 939. The van der Waals surface area contributed by atoms with Gasteiger partial charge in [-0.2, -0.15) is 9.98 Å². The standard InChI is InChI=1S/C16H12Cl2N2O4S/c17-13-6-5-11(7-14(13)18)10-24-16(21)9-20-25(22,23)15-4-2-1-3-12(15)8-19/h1-7,20H,9-10H2. The minimum absolute atomic E-state index is 0.0147. The fraction of sp³-hybridized carbons (Fsp3) is 0.125. The second kappa shape index (κ2) is 8.32. The average molecular weight is 399 g/mol. The van der Waals surface area contributed by atoms with E-state index in [9.17, 15) is 13.2 Å². The highest BCUT2D eigenvalue weighted by atomic mass is 35.5. The Kier molecular flexibility index (Phi) is 6.39. The van der Waals surface area contributed by atoms with Crippen molar-refractivity contribution in [2.45, 2.75) is 11.5 Å². The molecule has 25 heavy (non-hydrogen) atoms. The second-order valence-electron chi connectivity index (χ2n) is 4.84. The maximum Gasteiger partial charge on any atom is 0.321 e. The summed E-state index contributed by atoms with van der Waals surface area (Å²) in [6.45, 7) is -0.643. The number of nitrogens with one attached hydrogen (secondary N) is 1. The molecule has 0 aliphatic carbocycles. The molecule has 0 spiro atoms. The zero-order chi connectivity index (χ0) is 18.4. The molecule has 1 N–H and O–H groups in total. The largest absolute Gasteiger partial charge is 0.460 e.